The van der Waals surface area contributed by atoms with Gasteiger partial charge in [-0.1, -0.05) is 48.5 Å². The number of fused-ring (bicyclic) bond motifs is 2. The lowest BCUT2D eigenvalue weighted by Crippen LogP contribution is -2.37. The molecule has 0 radical (unpaired) electrons. The number of benzene rings is 3. The number of hydrogen-bond acceptors (Lipinski definition) is 7. The van der Waals surface area contributed by atoms with Crippen LogP contribution in [0.5, 0.6) is 11.5 Å². The summed E-state index contributed by atoms with van der Waals surface area (Å²) in [7, 11) is 0. The number of carbonyl (C=O) groups is 3. The van der Waals surface area contributed by atoms with Crippen molar-refractivity contribution in [3.8, 4) is 22.8 Å². The van der Waals surface area contributed by atoms with Gasteiger partial charge in [0, 0.05) is 22.7 Å². The second kappa shape index (κ2) is 10.4. The molecule has 2 heterocycles. The zero-order chi connectivity index (χ0) is 25.8. The van der Waals surface area contributed by atoms with Crippen LogP contribution in [0.15, 0.2) is 72.8 Å². The average molecular weight is 498 g/mol. The van der Waals surface area contributed by atoms with Crippen molar-refractivity contribution in [1.82, 2.24) is 10.3 Å². The van der Waals surface area contributed by atoms with Crippen molar-refractivity contribution in [1.29, 1.82) is 0 Å². The molecular formula is C28H23N3O6. The molecule has 1 aliphatic rings. The zero-order valence-corrected chi connectivity index (χ0v) is 19.9. The lowest BCUT2D eigenvalue weighted by molar-refractivity contribution is -0.123. The lowest BCUT2D eigenvalue weighted by Gasteiger charge is -2.19. The molecule has 0 saturated carbocycles. The molecule has 0 aliphatic carbocycles. The fraction of sp³-hybridized carbons (Fsp3) is 0.143. The van der Waals surface area contributed by atoms with Gasteiger partial charge in [-0.25, -0.2) is 14.6 Å². The number of amides is 3. The van der Waals surface area contributed by atoms with Crippen molar-refractivity contribution < 1.29 is 28.6 Å². The van der Waals surface area contributed by atoms with Crippen LogP contribution in [-0.2, 0) is 9.53 Å². The number of hydrogen-bond donors (Lipinski definition) is 2. The summed E-state index contributed by atoms with van der Waals surface area (Å²) < 4.78 is 16.2. The molecule has 0 unspecified atom stereocenters. The van der Waals surface area contributed by atoms with Gasteiger partial charge < -0.3 is 19.5 Å². The van der Waals surface area contributed by atoms with Crippen LogP contribution >= 0.6 is 0 Å². The van der Waals surface area contributed by atoms with Crippen molar-refractivity contribution in [2.24, 2.45) is 0 Å². The van der Waals surface area contributed by atoms with E-state index in [9.17, 15) is 14.4 Å². The first-order valence-corrected chi connectivity index (χ1v) is 11.6. The predicted molar refractivity (Wildman–Crippen MR) is 137 cm³/mol. The van der Waals surface area contributed by atoms with Gasteiger partial charge in [-0.05, 0) is 30.7 Å². The number of esters is 1. The Bertz CT molecular complexity index is 1500. The van der Waals surface area contributed by atoms with E-state index >= 15 is 0 Å². The first kappa shape index (κ1) is 23.8. The van der Waals surface area contributed by atoms with Gasteiger partial charge in [-0.15, -0.1) is 0 Å². The van der Waals surface area contributed by atoms with Crippen LogP contribution in [0, 0.1) is 6.92 Å². The fourth-order valence-corrected chi connectivity index (χ4v) is 4.10. The number of ether oxygens (including phenoxy) is 3. The predicted octanol–water partition coefficient (Wildman–Crippen LogP) is 4.49. The van der Waals surface area contributed by atoms with Gasteiger partial charge in [0.05, 0.1) is 16.8 Å². The maximum atomic E-state index is 13.1. The van der Waals surface area contributed by atoms with Crippen LogP contribution in [0.1, 0.15) is 15.9 Å². The highest BCUT2D eigenvalue weighted by Crippen LogP contribution is 2.33. The van der Waals surface area contributed by atoms with Gasteiger partial charge in [-0.3, -0.25) is 10.1 Å². The van der Waals surface area contributed by atoms with E-state index in [4.69, 9.17) is 19.2 Å². The Balaban J connectivity index is 1.27. The number of carbonyl (C=O) groups excluding carboxylic acids is 3. The second-order valence-corrected chi connectivity index (χ2v) is 8.28. The van der Waals surface area contributed by atoms with Crippen LogP contribution in [0.2, 0.25) is 0 Å². The quantitative estimate of drug-likeness (QED) is 0.391. The Kier molecular flexibility index (Phi) is 6.67. The highest BCUT2D eigenvalue weighted by molar-refractivity contribution is 6.07. The maximum Gasteiger partial charge on any atom is 0.339 e. The molecule has 3 amide bonds. The summed E-state index contributed by atoms with van der Waals surface area (Å²) in [4.78, 5) is 42.5. The van der Waals surface area contributed by atoms with E-state index in [1.165, 1.54) is 0 Å². The number of nitrogens with one attached hydrogen (secondary N) is 2. The second-order valence-electron chi connectivity index (χ2n) is 8.28. The molecule has 2 N–H and O–H groups in total. The highest BCUT2D eigenvalue weighted by Gasteiger charge is 2.21. The van der Waals surface area contributed by atoms with E-state index in [1.807, 2.05) is 42.5 Å². The van der Waals surface area contributed by atoms with Gasteiger partial charge in [-0.2, -0.15) is 0 Å². The molecule has 1 aromatic heterocycles. The summed E-state index contributed by atoms with van der Waals surface area (Å²) in [6.07, 6.45) is 0. The number of imide groups is 1. The summed E-state index contributed by atoms with van der Waals surface area (Å²) in [6.45, 7) is 2.02. The van der Waals surface area contributed by atoms with Crippen molar-refractivity contribution in [3.63, 3.8) is 0 Å². The largest absolute Gasteiger partial charge is 0.486 e. The van der Waals surface area contributed by atoms with E-state index in [0.717, 1.165) is 5.56 Å². The van der Waals surface area contributed by atoms with E-state index in [1.54, 1.807) is 37.3 Å². The van der Waals surface area contributed by atoms with Gasteiger partial charge in [0.1, 0.15) is 13.2 Å². The molecule has 186 valence electrons. The van der Waals surface area contributed by atoms with Crippen LogP contribution in [0.3, 0.4) is 0 Å². The van der Waals surface area contributed by atoms with E-state index in [0.29, 0.717) is 58.1 Å². The summed E-state index contributed by atoms with van der Waals surface area (Å²) in [5, 5.41) is 5.31. The molecule has 37 heavy (non-hydrogen) atoms. The molecule has 0 bridgehead atoms. The third-order valence-corrected chi connectivity index (χ3v) is 5.77. The standard InChI is InChI=1S/C28H23N3O6/c1-17-25(20-9-5-6-10-21(20)30-26(17)18-7-3-2-4-8-18)27(33)37-16-24(32)31-28(34)29-19-11-12-22-23(15-19)36-14-13-35-22/h2-12,15H,13-14,16H2,1H3,(H2,29,31,32,34). The van der Waals surface area contributed by atoms with Gasteiger partial charge >= 0.3 is 12.0 Å². The van der Waals surface area contributed by atoms with Crippen molar-refractivity contribution in [2.45, 2.75) is 6.92 Å². The lowest BCUT2D eigenvalue weighted by atomic mass is 9.98. The minimum absolute atomic E-state index is 0.318. The number of anilines is 1. The molecule has 3 aromatic carbocycles. The van der Waals surface area contributed by atoms with E-state index in [-0.39, 0.29) is 0 Å². The Morgan fingerprint density at radius 2 is 1.65 bits per heavy atom. The molecule has 9 nitrogen and oxygen atoms in total. The van der Waals surface area contributed by atoms with E-state index < -0.39 is 24.5 Å². The topological polar surface area (TPSA) is 116 Å². The third-order valence-electron chi connectivity index (χ3n) is 5.77. The molecule has 0 saturated heterocycles. The van der Waals surface area contributed by atoms with Crippen LogP contribution in [0.25, 0.3) is 22.2 Å². The molecule has 1 aliphatic heterocycles. The summed E-state index contributed by atoms with van der Waals surface area (Å²) in [5.74, 6) is -0.382. The molecule has 9 heteroatoms. The summed E-state index contributed by atoms with van der Waals surface area (Å²) in [6, 6.07) is 20.9. The minimum Gasteiger partial charge on any atom is -0.486 e. The van der Waals surface area contributed by atoms with E-state index in [2.05, 4.69) is 10.6 Å². The molecule has 4 aromatic rings. The molecular weight excluding hydrogens is 474 g/mol. The first-order chi connectivity index (χ1) is 18.0. The van der Waals surface area contributed by atoms with Gasteiger partial charge in [0.2, 0.25) is 0 Å². The molecule has 0 atom stereocenters. The number of rotatable bonds is 5. The minimum atomic E-state index is -0.775. The first-order valence-electron chi connectivity index (χ1n) is 11.6. The van der Waals surface area contributed by atoms with Gasteiger partial charge in [0.15, 0.2) is 18.1 Å². The number of pyridine rings is 1. The summed E-state index contributed by atoms with van der Waals surface area (Å²) in [5.41, 5.74) is 3.49. The van der Waals surface area contributed by atoms with Crippen LogP contribution in [0.4, 0.5) is 10.5 Å². The fourth-order valence-electron chi connectivity index (χ4n) is 4.10. The number of para-hydroxylation sites is 1. The molecule has 0 spiro atoms. The Morgan fingerprint density at radius 1 is 0.919 bits per heavy atom. The maximum absolute atomic E-state index is 13.1. The zero-order valence-electron chi connectivity index (χ0n) is 19.9. The Hall–Kier alpha value is -4.92. The van der Waals surface area contributed by atoms with Crippen molar-refractivity contribution >= 4 is 34.5 Å². The van der Waals surface area contributed by atoms with Crippen LogP contribution < -0.4 is 20.1 Å². The summed E-state index contributed by atoms with van der Waals surface area (Å²) >= 11 is 0. The number of nitrogens with zero attached hydrogens (tertiary/aromatic N) is 1. The van der Waals surface area contributed by atoms with Crippen molar-refractivity contribution in [2.75, 3.05) is 25.1 Å². The van der Waals surface area contributed by atoms with Crippen LogP contribution in [-0.4, -0.2) is 42.7 Å². The van der Waals surface area contributed by atoms with Gasteiger partial charge in [0.25, 0.3) is 5.91 Å². The third kappa shape index (κ3) is 5.20. The number of urea groups is 1. The highest BCUT2D eigenvalue weighted by atomic mass is 16.6. The molecule has 0 fully saturated rings. The molecule has 5 rings (SSSR count). The Labute approximate surface area is 212 Å². The number of aromatic nitrogens is 1. The average Bonchev–Trinajstić information content (AvgIpc) is 2.91. The SMILES string of the molecule is Cc1c(-c2ccccc2)nc2ccccc2c1C(=O)OCC(=O)NC(=O)Nc1ccc2c(c1)OCCO2. The van der Waals surface area contributed by atoms with Crippen molar-refractivity contribution in [3.05, 3.63) is 83.9 Å². The monoisotopic (exact) mass is 497 g/mol. The Morgan fingerprint density at radius 3 is 2.46 bits per heavy atom. The smallest absolute Gasteiger partial charge is 0.339 e. The normalized spacial score (nSPS) is 12.0.